The highest BCUT2D eigenvalue weighted by Gasteiger charge is 2.03. The van der Waals surface area contributed by atoms with E-state index in [0.29, 0.717) is 16.7 Å². The molecule has 2 heterocycles. The first-order chi connectivity index (χ1) is 8.16. The van der Waals surface area contributed by atoms with Crippen molar-refractivity contribution in [3.63, 3.8) is 0 Å². The monoisotopic (exact) mass is 297 g/mol. The minimum Gasteiger partial charge on any atom is -0.382 e. The van der Waals surface area contributed by atoms with Crippen molar-refractivity contribution in [3.8, 4) is 0 Å². The summed E-state index contributed by atoms with van der Waals surface area (Å²) in [4.78, 5) is 11.3. The van der Waals surface area contributed by atoms with E-state index in [1.165, 1.54) is 0 Å². The second-order valence-corrected chi connectivity index (χ2v) is 4.38. The van der Waals surface area contributed by atoms with Gasteiger partial charge in [0.25, 0.3) is 5.56 Å². The summed E-state index contributed by atoms with van der Waals surface area (Å²) >= 11 is 3.20. The lowest BCUT2D eigenvalue weighted by Gasteiger charge is -2.05. The third kappa shape index (κ3) is 2.94. The van der Waals surface area contributed by atoms with Gasteiger partial charge >= 0.3 is 0 Å². The molecule has 0 bridgehead atoms. The first-order valence-electron chi connectivity index (χ1n) is 5.12. The minimum absolute atomic E-state index is 0.243. The van der Waals surface area contributed by atoms with Gasteiger partial charge in [-0.15, -0.1) is 0 Å². The highest BCUT2D eigenvalue weighted by Crippen LogP contribution is 2.14. The fraction of sp³-hybridized carbons (Fsp3) is 0.300. The van der Waals surface area contributed by atoms with E-state index in [4.69, 9.17) is 0 Å². The molecule has 7 heteroatoms. The van der Waals surface area contributed by atoms with Gasteiger partial charge in [-0.3, -0.25) is 9.48 Å². The van der Waals surface area contributed by atoms with Crippen LogP contribution in [-0.2, 0) is 13.5 Å². The number of halogens is 1. The average molecular weight is 298 g/mol. The number of aryl methyl sites for hydroxylation is 1. The van der Waals surface area contributed by atoms with Crippen LogP contribution in [0.2, 0.25) is 0 Å². The Balaban J connectivity index is 1.94. The van der Waals surface area contributed by atoms with Crippen molar-refractivity contribution in [1.29, 1.82) is 0 Å². The Bertz CT molecular complexity index is 562. The van der Waals surface area contributed by atoms with Crippen molar-refractivity contribution >= 4 is 21.6 Å². The zero-order valence-electron chi connectivity index (χ0n) is 9.27. The molecule has 0 aliphatic rings. The van der Waals surface area contributed by atoms with E-state index < -0.39 is 0 Å². The number of nitrogens with zero attached hydrogens (tertiary/aromatic N) is 3. The summed E-state index contributed by atoms with van der Waals surface area (Å²) in [6.45, 7) is 0.695. The molecule has 0 aliphatic heterocycles. The summed E-state index contributed by atoms with van der Waals surface area (Å²) < 4.78 is 2.23. The van der Waals surface area contributed by atoms with Crippen LogP contribution >= 0.6 is 15.9 Å². The van der Waals surface area contributed by atoms with Gasteiger partial charge in [0.1, 0.15) is 4.47 Å². The molecule has 2 rings (SSSR count). The van der Waals surface area contributed by atoms with Crippen molar-refractivity contribution in [1.82, 2.24) is 20.0 Å². The molecule has 0 saturated heterocycles. The SMILES string of the molecule is Cn1ccc(CCNc2cn[nH]c(=O)c2Br)n1. The van der Waals surface area contributed by atoms with Crippen LogP contribution in [0.25, 0.3) is 0 Å². The van der Waals surface area contributed by atoms with Gasteiger partial charge in [0, 0.05) is 26.2 Å². The molecule has 0 aromatic carbocycles. The van der Waals surface area contributed by atoms with Crippen LogP contribution < -0.4 is 10.9 Å². The van der Waals surface area contributed by atoms with Gasteiger partial charge in [-0.05, 0) is 22.0 Å². The van der Waals surface area contributed by atoms with Gasteiger partial charge in [0.05, 0.1) is 17.6 Å². The first-order valence-corrected chi connectivity index (χ1v) is 5.91. The average Bonchev–Trinajstić information content (AvgIpc) is 2.70. The van der Waals surface area contributed by atoms with Gasteiger partial charge < -0.3 is 5.32 Å². The van der Waals surface area contributed by atoms with Crippen LogP contribution in [0.3, 0.4) is 0 Å². The van der Waals surface area contributed by atoms with Crippen LogP contribution in [0, 0.1) is 0 Å². The molecule has 0 spiro atoms. The molecule has 0 radical (unpaired) electrons. The highest BCUT2D eigenvalue weighted by molar-refractivity contribution is 9.10. The molecular weight excluding hydrogens is 286 g/mol. The van der Waals surface area contributed by atoms with Crippen molar-refractivity contribution in [2.45, 2.75) is 6.42 Å². The lowest BCUT2D eigenvalue weighted by atomic mass is 10.3. The molecule has 0 atom stereocenters. The third-order valence-corrected chi connectivity index (χ3v) is 3.05. The van der Waals surface area contributed by atoms with Gasteiger partial charge in [0.15, 0.2) is 0 Å². The Hall–Kier alpha value is -1.63. The number of anilines is 1. The van der Waals surface area contributed by atoms with Crippen LogP contribution in [0.4, 0.5) is 5.69 Å². The van der Waals surface area contributed by atoms with E-state index in [-0.39, 0.29) is 5.56 Å². The van der Waals surface area contributed by atoms with Crippen LogP contribution in [0.1, 0.15) is 5.69 Å². The standard InChI is InChI=1S/C10H12BrN5O/c1-16-5-3-7(15-16)2-4-12-8-6-13-14-10(17)9(8)11/h3,5-6H,2,4H2,1H3,(H2,12,14,17). The topological polar surface area (TPSA) is 75.6 Å². The van der Waals surface area contributed by atoms with Crippen LogP contribution in [-0.4, -0.2) is 26.5 Å². The summed E-state index contributed by atoms with van der Waals surface area (Å²) in [6, 6.07) is 1.97. The quantitative estimate of drug-likeness (QED) is 0.880. The molecule has 90 valence electrons. The lowest BCUT2D eigenvalue weighted by Crippen LogP contribution is -2.13. The maximum Gasteiger partial charge on any atom is 0.280 e. The number of hydrogen-bond acceptors (Lipinski definition) is 4. The van der Waals surface area contributed by atoms with Gasteiger partial charge in [-0.1, -0.05) is 0 Å². The van der Waals surface area contributed by atoms with Gasteiger partial charge in [0.2, 0.25) is 0 Å². The molecule has 2 aromatic heterocycles. The van der Waals surface area contributed by atoms with Crippen molar-refractivity contribution in [2.24, 2.45) is 7.05 Å². The van der Waals surface area contributed by atoms with Gasteiger partial charge in [-0.25, -0.2) is 5.10 Å². The lowest BCUT2D eigenvalue weighted by molar-refractivity contribution is 0.742. The third-order valence-electron chi connectivity index (χ3n) is 2.26. The summed E-state index contributed by atoms with van der Waals surface area (Å²) in [6.07, 6.45) is 4.27. The number of aromatic amines is 1. The van der Waals surface area contributed by atoms with Crippen LogP contribution in [0.5, 0.6) is 0 Å². The van der Waals surface area contributed by atoms with Crippen LogP contribution in [0.15, 0.2) is 27.7 Å². The molecule has 17 heavy (non-hydrogen) atoms. The number of aromatic nitrogens is 4. The fourth-order valence-corrected chi connectivity index (χ4v) is 1.76. The Morgan fingerprint density at radius 1 is 1.59 bits per heavy atom. The van der Waals surface area contributed by atoms with E-state index in [2.05, 4.69) is 36.5 Å². The molecule has 0 fully saturated rings. The molecule has 0 aliphatic carbocycles. The maximum atomic E-state index is 11.3. The molecule has 2 N–H and O–H groups in total. The minimum atomic E-state index is -0.243. The van der Waals surface area contributed by atoms with E-state index in [1.54, 1.807) is 10.9 Å². The highest BCUT2D eigenvalue weighted by atomic mass is 79.9. The number of rotatable bonds is 4. The summed E-state index contributed by atoms with van der Waals surface area (Å²) in [5.41, 5.74) is 1.45. The Morgan fingerprint density at radius 2 is 2.41 bits per heavy atom. The summed E-state index contributed by atoms with van der Waals surface area (Å²) in [5, 5.41) is 13.5. The number of nitrogens with one attached hydrogen (secondary N) is 2. The van der Waals surface area contributed by atoms with E-state index in [1.807, 2.05) is 19.3 Å². The largest absolute Gasteiger partial charge is 0.382 e. The summed E-state index contributed by atoms with van der Waals surface area (Å²) in [5.74, 6) is 0. The van der Waals surface area contributed by atoms with E-state index in [9.17, 15) is 4.79 Å². The van der Waals surface area contributed by atoms with E-state index >= 15 is 0 Å². The zero-order valence-corrected chi connectivity index (χ0v) is 10.9. The summed E-state index contributed by atoms with van der Waals surface area (Å²) in [7, 11) is 1.88. The molecular formula is C10H12BrN5O. The number of H-pyrrole nitrogens is 1. The van der Waals surface area contributed by atoms with Crippen molar-refractivity contribution in [3.05, 3.63) is 39.0 Å². The Morgan fingerprint density at radius 3 is 3.12 bits per heavy atom. The number of hydrogen-bond donors (Lipinski definition) is 2. The maximum absolute atomic E-state index is 11.3. The Labute approximate surface area is 106 Å². The fourth-order valence-electron chi connectivity index (χ4n) is 1.43. The van der Waals surface area contributed by atoms with Crippen molar-refractivity contribution < 1.29 is 0 Å². The second kappa shape index (κ2) is 5.13. The van der Waals surface area contributed by atoms with E-state index in [0.717, 1.165) is 12.1 Å². The van der Waals surface area contributed by atoms with Gasteiger partial charge in [-0.2, -0.15) is 10.2 Å². The van der Waals surface area contributed by atoms with Crippen molar-refractivity contribution in [2.75, 3.05) is 11.9 Å². The predicted octanol–water partition coefficient (Wildman–Crippen LogP) is 0.920. The molecule has 0 unspecified atom stereocenters. The molecule has 2 aromatic rings. The Kier molecular flexibility index (Phi) is 3.58. The predicted molar refractivity (Wildman–Crippen MR) is 68.0 cm³/mol. The molecule has 0 saturated carbocycles. The second-order valence-electron chi connectivity index (χ2n) is 3.58. The first kappa shape index (κ1) is 11.8. The molecule has 6 nitrogen and oxygen atoms in total. The molecule has 0 amide bonds. The normalized spacial score (nSPS) is 10.5. The zero-order chi connectivity index (χ0) is 12.3. The smallest absolute Gasteiger partial charge is 0.280 e.